The van der Waals surface area contributed by atoms with Gasteiger partial charge in [-0.3, -0.25) is 9.11 Å². The Labute approximate surface area is 98.4 Å². The average molecular weight is 266 g/mol. The lowest BCUT2D eigenvalue weighted by Gasteiger charge is -2.10. The zero-order chi connectivity index (χ0) is 13.5. The largest absolute Gasteiger partial charge is 0.464 e. The lowest BCUT2D eigenvalue weighted by Crippen LogP contribution is -2.25. The van der Waals surface area contributed by atoms with Crippen LogP contribution in [0.3, 0.4) is 0 Å². The SMILES string of the molecule is NCC(O)Oc1ccc(N)cc1.O=S(=O)(O)O. The first-order valence-corrected chi connectivity index (χ1v) is 5.72. The van der Waals surface area contributed by atoms with Gasteiger partial charge in [-0.2, -0.15) is 8.42 Å². The summed E-state index contributed by atoms with van der Waals surface area (Å²) in [7, 11) is -4.67. The number of aliphatic hydroxyl groups is 1. The molecule has 0 amide bonds. The topological polar surface area (TPSA) is 156 Å². The van der Waals surface area contributed by atoms with E-state index in [0.717, 1.165) is 0 Å². The molecule has 1 unspecified atom stereocenters. The fourth-order valence-electron chi connectivity index (χ4n) is 0.752. The van der Waals surface area contributed by atoms with Crippen molar-refractivity contribution in [2.24, 2.45) is 5.73 Å². The molecule has 9 heteroatoms. The van der Waals surface area contributed by atoms with Gasteiger partial charge in [0, 0.05) is 5.69 Å². The van der Waals surface area contributed by atoms with Crippen LogP contribution in [0.2, 0.25) is 0 Å². The lowest BCUT2D eigenvalue weighted by atomic mass is 10.3. The molecule has 0 aliphatic heterocycles. The van der Waals surface area contributed by atoms with E-state index in [9.17, 15) is 0 Å². The van der Waals surface area contributed by atoms with Crippen molar-refractivity contribution in [3.63, 3.8) is 0 Å². The first kappa shape index (κ1) is 15.6. The third kappa shape index (κ3) is 10.9. The molecule has 0 fully saturated rings. The molecule has 0 aromatic heterocycles. The van der Waals surface area contributed by atoms with Gasteiger partial charge in [0.2, 0.25) is 6.29 Å². The molecule has 1 aromatic carbocycles. The number of nitrogen functional groups attached to an aromatic ring is 1. The molecular formula is C8H14N2O6S. The molecule has 98 valence electrons. The molecule has 0 aliphatic carbocycles. The number of benzene rings is 1. The monoisotopic (exact) mass is 266 g/mol. The molecule has 7 N–H and O–H groups in total. The summed E-state index contributed by atoms with van der Waals surface area (Å²) in [4.78, 5) is 0. The molecule has 0 saturated heterocycles. The standard InChI is InChI=1S/C8H12N2O2.H2O4S/c9-5-8(11)12-7-3-1-6(10)2-4-7;1-5(2,3)4/h1-4,8,11H,5,9-10H2;(H2,1,2,3,4). The first-order chi connectivity index (χ1) is 7.72. The van der Waals surface area contributed by atoms with Crippen molar-refractivity contribution in [2.45, 2.75) is 6.29 Å². The van der Waals surface area contributed by atoms with Crippen molar-refractivity contribution >= 4 is 16.1 Å². The summed E-state index contributed by atoms with van der Waals surface area (Å²) in [6.45, 7) is 0.0738. The number of hydrogen-bond acceptors (Lipinski definition) is 6. The summed E-state index contributed by atoms with van der Waals surface area (Å²) in [6, 6.07) is 6.74. The van der Waals surface area contributed by atoms with Crippen molar-refractivity contribution < 1.29 is 27.4 Å². The Morgan fingerprint density at radius 2 is 1.65 bits per heavy atom. The van der Waals surface area contributed by atoms with E-state index in [4.69, 9.17) is 38.8 Å². The summed E-state index contributed by atoms with van der Waals surface area (Å²) in [5.74, 6) is 0.558. The van der Waals surface area contributed by atoms with Crippen LogP contribution in [0.4, 0.5) is 5.69 Å². The molecule has 0 radical (unpaired) electrons. The molecule has 8 nitrogen and oxygen atoms in total. The number of rotatable bonds is 3. The summed E-state index contributed by atoms with van der Waals surface area (Å²) in [6.07, 6.45) is -0.950. The Morgan fingerprint density at radius 1 is 1.24 bits per heavy atom. The predicted octanol–water partition coefficient (Wildman–Crippen LogP) is -0.728. The molecule has 17 heavy (non-hydrogen) atoms. The summed E-state index contributed by atoms with van der Waals surface area (Å²) in [5.41, 5.74) is 11.3. The quantitative estimate of drug-likeness (QED) is 0.272. The van der Waals surface area contributed by atoms with Crippen molar-refractivity contribution in [1.82, 2.24) is 0 Å². The van der Waals surface area contributed by atoms with Crippen molar-refractivity contribution in [3.8, 4) is 5.75 Å². The second-order valence-corrected chi connectivity index (χ2v) is 3.72. The minimum absolute atomic E-state index is 0.0738. The van der Waals surface area contributed by atoms with Gasteiger partial charge in [0.15, 0.2) is 0 Å². The molecule has 0 bridgehead atoms. The number of nitrogens with two attached hydrogens (primary N) is 2. The Morgan fingerprint density at radius 3 is 2.00 bits per heavy atom. The first-order valence-electron chi connectivity index (χ1n) is 4.32. The van der Waals surface area contributed by atoms with E-state index in [-0.39, 0.29) is 6.54 Å². The molecule has 1 aromatic rings. The highest BCUT2D eigenvalue weighted by molar-refractivity contribution is 7.79. The molecule has 0 heterocycles. The van der Waals surface area contributed by atoms with E-state index in [1.54, 1.807) is 24.3 Å². The second kappa shape index (κ2) is 7.04. The van der Waals surface area contributed by atoms with Crippen LogP contribution in [0, 0.1) is 0 Å². The van der Waals surface area contributed by atoms with Crippen molar-refractivity contribution in [2.75, 3.05) is 12.3 Å². The van der Waals surface area contributed by atoms with Gasteiger partial charge in [0.05, 0.1) is 6.54 Å². The van der Waals surface area contributed by atoms with Crippen LogP contribution >= 0.6 is 0 Å². The number of aliphatic hydroxyl groups excluding tert-OH is 1. The van der Waals surface area contributed by atoms with E-state index in [1.807, 2.05) is 0 Å². The Kier molecular flexibility index (Phi) is 6.46. The predicted molar refractivity (Wildman–Crippen MR) is 60.7 cm³/mol. The maximum Gasteiger partial charge on any atom is 0.394 e. The molecular weight excluding hydrogens is 252 g/mol. The average Bonchev–Trinajstić information content (AvgIpc) is 2.19. The van der Waals surface area contributed by atoms with E-state index < -0.39 is 16.7 Å². The van der Waals surface area contributed by atoms with Gasteiger partial charge in [-0.15, -0.1) is 0 Å². The zero-order valence-corrected chi connectivity index (χ0v) is 9.54. The maximum absolute atomic E-state index is 9.00. The third-order valence-electron chi connectivity index (χ3n) is 1.35. The smallest absolute Gasteiger partial charge is 0.394 e. The van der Waals surface area contributed by atoms with Crippen LogP contribution in [0.1, 0.15) is 0 Å². The second-order valence-electron chi connectivity index (χ2n) is 2.83. The van der Waals surface area contributed by atoms with Gasteiger partial charge in [0.25, 0.3) is 0 Å². The van der Waals surface area contributed by atoms with E-state index >= 15 is 0 Å². The maximum atomic E-state index is 9.00. The minimum Gasteiger partial charge on any atom is -0.464 e. The van der Waals surface area contributed by atoms with Gasteiger partial charge < -0.3 is 21.3 Å². The fourth-order valence-corrected chi connectivity index (χ4v) is 0.752. The van der Waals surface area contributed by atoms with Gasteiger partial charge in [-0.1, -0.05) is 0 Å². The Balaban J connectivity index is 0.000000437. The Bertz CT molecular complexity index is 410. The van der Waals surface area contributed by atoms with E-state index in [1.165, 1.54) is 0 Å². The van der Waals surface area contributed by atoms with Gasteiger partial charge >= 0.3 is 10.4 Å². The third-order valence-corrected chi connectivity index (χ3v) is 1.35. The van der Waals surface area contributed by atoms with Crippen molar-refractivity contribution in [3.05, 3.63) is 24.3 Å². The van der Waals surface area contributed by atoms with Crippen LogP contribution in [0.15, 0.2) is 24.3 Å². The number of ether oxygens (including phenoxy) is 1. The van der Waals surface area contributed by atoms with Crippen LogP contribution in [0.25, 0.3) is 0 Å². The highest BCUT2D eigenvalue weighted by atomic mass is 32.3. The number of hydrogen-bond donors (Lipinski definition) is 5. The molecule has 1 rings (SSSR count). The molecule has 0 spiro atoms. The Hall–Kier alpha value is -1.39. The van der Waals surface area contributed by atoms with E-state index in [0.29, 0.717) is 11.4 Å². The highest BCUT2D eigenvalue weighted by Crippen LogP contribution is 2.13. The molecule has 1 atom stereocenters. The zero-order valence-electron chi connectivity index (χ0n) is 8.72. The van der Waals surface area contributed by atoms with Crippen molar-refractivity contribution in [1.29, 1.82) is 0 Å². The summed E-state index contributed by atoms with van der Waals surface area (Å²) in [5, 5.41) is 9.00. The normalized spacial score (nSPS) is 12.2. The summed E-state index contributed by atoms with van der Waals surface area (Å²) < 4.78 is 36.6. The fraction of sp³-hybridized carbons (Fsp3) is 0.250. The minimum atomic E-state index is -4.67. The summed E-state index contributed by atoms with van der Waals surface area (Å²) >= 11 is 0. The van der Waals surface area contributed by atoms with Gasteiger partial charge in [-0.25, -0.2) is 0 Å². The molecule has 0 aliphatic rings. The van der Waals surface area contributed by atoms with Gasteiger partial charge in [0.1, 0.15) is 5.75 Å². The number of anilines is 1. The van der Waals surface area contributed by atoms with Crippen LogP contribution in [-0.2, 0) is 10.4 Å². The lowest BCUT2D eigenvalue weighted by molar-refractivity contribution is -0.00857. The van der Waals surface area contributed by atoms with Gasteiger partial charge in [-0.05, 0) is 24.3 Å². The molecule has 0 saturated carbocycles. The van der Waals surface area contributed by atoms with Crippen LogP contribution < -0.4 is 16.2 Å². The van der Waals surface area contributed by atoms with Crippen LogP contribution in [-0.4, -0.2) is 35.5 Å². The van der Waals surface area contributed by atoms with E-state index in [2.05, 4.69) is 0 Å². The highest BCUT2D eigenvalue weighted by Gasteiger charge is 2.01. The van der Waals surface area contributed by atoms with Crippen LogP contribution in [0.5, 0.6) is 5.75 Å².